The fourth-order valence-corrected chi connectivity index (χ4v) is 3.84. The Balaban J connectivity index is 1.67. The first-order valence-electron chi connectivity index (χ1n) is 10.3. The van der Waals surface area contributed by atoms with Crippen LogP contribution >= 0.6 is 11.6 Å². The lowest BCUT2D eigenvalue weighted by molar-refractivity contribution is 0.414. The summed E-state index contributed by atoms with van der Waals surface area (Å²) < 4.78 is 7.17. The number of ether oxygens (including phenoxy) is 1. The molecular formula is C25H25ClN4O. The normalized spacial score (nSPS) is 12.0. The van der Waals surface area contributed by atoms with Gasteiger partial charge in [0.2, 0.25) is 0 Å². The van der Waals surface area contributed by atoms with Gasteiger partial charge in [0, 0.05) is 42.3 Å². The molecule has 0 saturated carbocycles. The zero-order chi connectivity index (χ0) is 21.6. The van der Waals surface area contributed by atoms with E-state index in [1.54, 1.807) is 7.11 Å². The van der Waals surface area contributed by atoms with Crippen LogP contribution in [0, 0.1) is 0 Å². The molecule has 2 heterocycles. The third kappa shape index (κ3) is 4.79. The molecule has 0 unspecified atom stereocenters. The van der Waals surface area contributed by atoms with Gasteiger partial charge in [0.1, 0.15) is 5.75 Å². The topological polar surface area (TPSA) is 52.0 Å². The summed E-state index contributed by atoms with van der Waals surface area (Å²) in [5.41, 5.74) is 5.06. The Kier molecular flexibility index (Phi) is 6.65. The Bertz CT molecular complexity index is 1130. The summed E-state index contributed by atoms with van der Waals surface area (Å²) in [5.74, 6) is 0.812. The second kappa shape index (κ2) is 9.77. The van der Waals surface area contributed by atoms with Gasteiger partial charge < -0.3 is 10.1 Å². The van der Waals surface area contributed by atoms with Gasteiger partial charge in [0.05, 0.1) is 23.5 Å². The van der Waals surface area contributed by atoms with Gasteiger partial charge in [-0.1, -0.05) is 36.7 Å². The maximum Gasteiger partial charge on any atom is 0.119 e. The molecule has 5 nitrogen and oxygen atoms in total. The highest BCUT2D eigenvalue weighted by Crippen LogP contribution is 2.30. The highest BCUT2D eigenvalue weighted by Gasteiger charge is 2.16. The average molecular weight is 433 g/mol. The summed E-state index contributed by atoms with van der Waals surface area (Å²) in [7, 11) is 1.66. The Morgan fingerprint density at radius 3 is 2.45 bits per heavy atom. The lowest BCUT2D eigenvalue weighted by Gasteiger charge is -2.17. The van der Waals surface area contributed by atoms with Gasteiger partial charge in [-0.2, -0.15) is 5.10 Å². The van der Waals surface area contributed by atoms with Gasteiger partial charge in [-0.3, -0.25) is 4.98 Å². The second-order valence-electron chi connectivity index (χ2n) is 7.25. The number of hydrogen-bond acceptors (Lipinski definition) is 4. The van der Waals surface area contributed by atoms with E-state index < -0.39 is 0 Å². The summed E-state index contributed by atoms with van der Waals surface area (Å²) in [6.07, 6.45) is 6.69. The van der Waals surface area contributed by atoms with Crippen molar-refractivity contribution in [3.8, 4) is 22.7 Å². The van der Waals surface area contributed by atoms with Gasteiger partial charge in [-0.15, -0.1) is 0 Å². The SMILES string of the molecule is CC[C@@H](NCc1cn(-c2ccc(OC)cc2)nc1-c1ccccc1Cl)c1ccncc1. The van der Waals surface area contributed by atoms with E-state index in [0.717, 1.165) is 34.7 Å². The first-order chi connectivity index (χ1) is 15.2. The van der Waals surface area contributed by atoms with E-state index in [4.69, 9.17) is 21.4 Å². The maximum absolute atomic E-state index is 6.52. The molecule has 158 valence electrons. The number of hydrogen-bond donors (Lipinski definition) is 1. The number of halogens is 1. The molecule has 2 aromatic heterocycles. The Labute approximate surface area is 187 Å². The van der Waals surface area contributed by atoms with Gasteiger partial charge in [0.15, 0.2) is 0 Å². The molecule has 0 amide bonds. The van der Waals surface area contributed by atoms with Gasteiger partial charge in [-0.05, 0) is 54.4 Å². The van der Waals surface area contributed by atoms with Gasteiger partial charge in [-0.25, -0.2) is 4.68 Å². The Morgan fingerprint density at radius 2 is 1.77 bits per heavy atom. The number of rotatable bonds is 8. The van der Waals surface area contributed by atoms with Crippen molar-refractivity contribution < 1.29 is 4.74 Å². The minimum Gasteiger partial charge on any atom is -0.497 e. The first kappa shape index (κ1) is 21.1. The molecule has 1 atom stereocenters. The van der Waals surface area contributed by atoms with Crippen molar-refractivity contribution in [2.45, 2.75) is 25.9 Å². The quantitative estimate of drug-likeness (QED) is 0.380. The van der Waals surface area contributed by atoms with Crippen molar-refractivity contribution in [3.05, 3.63) is 95.4 Å². The van der Waals surface area contributed by atoms with Gasteiger partial charge >= 0.3 is 0 Å². The Hall–Kier alpha value is -3.15. The van der Waals surface area contributed by atoms with E-state index in [-0.39, 0.29) is 6.04 Å². The molecule has 4 rings (SSSR count). The third-order valence-electron chi connectivity index (χ3n) is 5.31. The van der Waals surface area contributed by atoms with Crippen molar-refractivity contribution in [2.75, 3.05) is 7.11 Å². The van der Waals surface area contributed by atoms with Crippen LogP contribution in [0.15, 0.2) is 79.3 Å². The zero-order valence-corrected chi connectivity index (χ0v) is 18.4. The summed E-state index contributed by atoms with van der Waals surface area (Å²) in [5, 5.41) is 9.24. The van der Waals surface area contributed by atoms with Crippen molar-refractivity contribution in [3.63, 3.8) is 0 Å². The molecule has 0 fully saturated rings. The van der Waals surface area contributed by atoms with E-state index in [0.29, 0.717) is 11.6 Å². The second-order valence-corrected chi connectivity index (χ2v) is 7.65. The van der Waals surface area contributed by atoms with Crippen LogP contribution in [0.5, 0.6) is 5.75 Å². The van der Waals surface area contributed by atoms with Crippen LogP contribution in [0.1, 0.15) is 30.5 Å². The summed E-state index contributed by atoms with van der Waals surface area (Å²) in [4.78, 5) is 4.13. The lowest BCUT2D eigenvalue weighted by Crippen LogP contribution is -2.20. The number of pyridine rings is 1. The minimum atomic E-state index is 0.228. The smallest absolute Gasteiger partial charge is 0.119 e. The van der Waals surface area contributed by atoms with Crippen LogP contribution in [0.25, 0.3) is 16.9 Å². The van der Waals surface area contributed by atoms with Crippen LogP contribution < -0.4 is 10.1 Å². The molecule has 0 aliphatic rings. The highest BCUT2D eigenvalue weighted by molar-refractivity contribution is 6.33. The number of nitrogens with one attached hydrogen (secondary N) is 1. The molecule has 31 heavy (non-hydrogen) atoms. The Morgan fingerprint density at radius 1 is 1.03 bits per heavy atom. The first-order valence-corrected chi connectivity index (χ1v) is 10.7. The van der Waals surface area contributed by atoms with E-state index in [9.17, 15) is 0 Å². The fourth-order valence-electron chi connectivity index (χ4n) is 3.61. The molecular weight excluding hydrogens is 408 g/mol. The largest absolute Gasteiger partial charge is 0.497 e. The van der Waals surface area contributed by atoms with Crippen molar-refractivity contribution in [1.82, 2.24) is 20.1 Å². The molecule has 0 radical (unpaired) electrons. The molecule has 1 N–H and O–H groups in total. The van der Waals surface area contributed by atoms with Crippen LogP contribution in [-0.4, -0.2) is 21.9 Å². The number of aromatic nitrogens is 3. The molecule has 4 aromatic rings. The summed E-state index contributed by atoms with van der Waals surface area (Å²) in [6, 6.07) is 20.0. The molecule has 0 saturated heterocycles. The number of methoxy groups -OCH3 is 1. The van der Waals surface area contributed by atoms with E-state index in [1.165, 1.54) is 5.56 Å². The molecule has 6 heteroatoms. The monoisotopic (exact) mass is 432 g/mol. The minimum absolute atomic E-state index is 0.228. The summed E-state index contributed by atoms with van der Waals surface area (Å²) >= 11 is 6.52. The van der Waals surface area contributed by atoms with Crippen molar-refractivity contribution >= 4 is 11.6 Å². The predicted molar refractivity (Wildman–Crippen MR) is 125 cm³/mol. The van der Waals surface area contributed by atoms with E-state index >= 15 is 0 Å². The van der Waals surface area contributed by atoms with Crippen molar-refractivity contribution in [2.24, 2.45) is 0 Å². The van der Waals surface area contributed by atoms with Crippen LogP contribution in [-0.2, 0) is 6.54 Å². The summed E-state index contributed by atoms with van der Waals surface area (Å²) in [6.45, 7) is 2.84. The zero-order valence-electron chi connectivity index (χ0n) is 17.6. The predicted octanol–water partition coefficient (Wildman–Crippen LogP) is 5.84. The van der Waals surface area contributed by atoms with E-state index in [2.05, 4.69) is 35.6 Å². The molecule has 0 spiro atoms. The van der Waals surface area contributed by atoms with Crippen LogP contribution in [0.3, 0.4) is 0 Å². The van der Waals surface area contributed by atoms with E-state index in [1.807, 2.05) is 65.6 Å². The molecule has 0 bridgehead atoms. The molecule has 2 aromatic carbocycles. The van der Waals surface area contributed by atoms with Crippen molar-refractivity contribution in [1.29, 1.82) is 0 Å². The van der Waals surface area contributed by atoms with Gasteiger partial charge in [0.25, 0.3) is 0 Å². The van der Waals surface area contributed by atoms with Crippen LogP contribution in [0.2, 0.25) is 5.02 Å². The number of nitrogens with zero attached hydrogens (tertiary/aromatic N) is 3. The maximum atomic E-state index is 6.52. The van der Waals surface area contributed by atoms with Crippen LogP contribution in [0.4, 0.5) is 0 Å². The fraction of sp³-hybridized carbons (Fsp3) is 0.200. The average Bonchev–Trinajstić information content (AvgIpc) is 3.24. The lowest BCUT2D eigenvalue weighted by atomic mass is 10.0. The standard InChI is InChI=1S/C25H25ClN4O/c1-3-24(18-12-14-27-15-13-18)28-16-19-17-30(20-8-10-21(31-2)11-9-20)29-25(19)22-6-4-5-7-23(22)26/h4-15,17,24,28H,3,16H2,1-2H3/t24-/m1/s1. The highest BCUT2D eigenvalue weighted by atomic mass is 35.5. The molecule has 0 aliphatic carbocycles. The number of benzene rings is 2. The molecule has 0 aliphatic heterocycles. The third-order valence-corrected chi connectivity index (χ3v) is 5.64.